The Balaban J connectivity index is 2.24. The molecule has 2 atom stereocenters. The average molecular weight is 251 g/mol. The molecule has 2 rings (SSSR count). The maximum Gasteiger partial charge on any atom is 0.102 e. The number of nitrogens with zero attached hydrogens (tertiary/aromatic N) is 2. The van der Waals surface area contributed by atoms with E-state index in [4.69, 9.17) is 15.2 Å². The van der Waals surface area contributed by atoms with Gasteiger partial charge in [0.25, 0.3) is 0 Å². The molecular weight excluding hydrogens is 230 g/mol. The number of aryl methyl sites for hydroxylation is 1. The zero-order valence-electron chi connectivity index (χ0n) is 11.2. The first-order valence-electron chi connectivity index (χ1n) is 6.15. The van der Waals surface area contributed by atoms with Crippen molar-refractivity contribution in [3.8, 4) is 0 Å². The highest BCUT2D eigenvalue weighted by molar-refractivity contribution is 5.55. The van der Waals surface area contributed by atoms with Crippen LogP contribution in [-0.4, -0.2) is 44.5 Å². The fourth-order valence-corrected chi connectivity index (χ4v) is 2.42. The van der Waals surface area contributed by atoms with Crippen molar-refractivity contribution >= 4 is 5.69 Å². The fraction of sp³-hybridized carbons (Fsp3) is 0.615. The minimum absolute atomic E-state index is 0.106. The van der Waals surface area contributed by atoms with Gasteiger partial charge in [-0.1, -0.05) is 0 Å². The molecule has 1 aliphatic heterocycles. The first kappa shape index (κ1) is 13.3. The lowest BCUT2D eigenvalue weighted by atomic mass is 10.2. The second-order valence-electron chi connectivity index (χ2n) is 4.61. The van der Waals surface area contributed by atoms with Gasteiger partial charge in [0, 0.05) is 57.0 Å². The van der Waals surface area contributed by atoms with E-state index in [1.165, 1.54) is 0 Å². The van der Waals surface area contributed by atoms with Gasteiger partial charge in [0.2, 0.25) is 0 Å². The average Bonchev–Trinajstić information content (AvgIpc) is 2.81. The van der Waals surface area contributed by atoms with Crippen LogP contribution >= 0.6 is 0 Å². The summed E-state index contributed by atoms with van der Waals surface area (Å²) >= 11 is 0. The van der Waals surface area contributed by atoms with E-state index >= 15 is 0 Å². The lowest BCUT2D eigenvalue weighted by molar-refractivity contribution is -0.00461. The highest BCUT2D eigenvalue weighted by Crippen LogP contribution is 2.26. The van der Waals surface area contributed by atoms with E-state index in [0.29, 0.717) is 6.54 Å². The first-order valence-corrected chi connectivity index (χ1v) is 6.15. The Bertz CT molecular complexity index is 399. The summed E-state index contributed by atoms with van der Waals surface area (Å²) in [5.41, 5.74) is 8.98. The molecular formula is C13H21N3O2. The molecule has 0 saturated carbocycles. The molecule has 0 aromatic carbocycles. The minimum Gasteiger partial charge on any atom is -0.377 e. The van der Waals surface area contributed by atoms with E-state index in [2.05, 4.69) is 16.0 Å². The van der Waals surface area contributed by atoms with Crippen molar-refractivity contribution in [1.29, 1.82) is 0 Å². The minimum atomic E-state index is 0.106. The molecule has 0 bridgehead atoms. The molecule has 1 aromatic heterocycles. The Morgan fingerprint density at radius 2 is 1.94 bits per heavy atom. The van der Waals surface area contributed by atoms with Gasteiger partial charge in [-0.05, 0) is 13.0 Å². The molecule has 0 radical (unpaired) electrons. The van der Waals surface area contributed by atoms with Crippen LogP contribution in [0.2, 0.25) is 0 Å². The molecule has 2 unspecified atom stereocenters. The van der Waals surface area contributed by atoms with Crippen LogP contribution in [0, 0.1) is 6.92 Å². The predicted molar refractivity (Wildman–Crippen MR) is 70.7 cm³/mol. The Kier molecular flexibility index (Phi) is 4.16. The molecule has 0 spiro atoms. The second-order valence-corrected chi connectivity index (χ2v) is 4.61. The van der Waals surface area contributed by atoms with Crippen molar-refractivity contribution in [2.24, 2.45) is 5.73 Å². The molecule has 18 heavy (non-hydrogen) atoms. The van der Waals surface area contributed by atoms with Gasteiger partial charge in [-0.25, -0.2) is 0 Å². The molecule has 0 aliphatic carbocycles. The third-order valence-electron chi connectivity index (χ3n) is 3.48. The highest BCUT2D eigenvalue weighted by Gasteiger charge is 2.33. The quantitative estimate of drug-likeness (QED) is 0.853. The summed E-state index contributed by atoms with van der Waals surface area (Å²) in [7, 11) is 3.45. The standard InChI is InChI=1S/C13H21N3O2/c1-9-4-11(10(5-14)6-15-9)16-7-12(17-2)13(8-16)18-3/h4,6,12-13H,5,7-8,14H2,1-3H3. The number of methoxy groups -OCH3 is 2. The summed E-state index contributed by atoms with van der Waals surface area (Å²) in [6.45, 7) is 4.13. The molecule has 5 heteroatoms. The molecule has 2 N–H and O–H groups in total. The van der Waals surface area contributed by atoms with E-state index in [1.807, 2.05) is 13.1 Å². The summed E-state index contributed by atoms with van der Waals surface area (Å²) in [6.07, 6.45) is 2.07. The van der Waals surface area contributed by atoms with E-state index in [9.17, 15) is 0 Å². The Morgan fingerprint density at radius 1 is 1.33 bits per heavy atom. The number of hydrogen-bond acceptors (Lipinski definition) is 5. The molecule has 5 nitrogen and oxygen atoms in total. The van der Waals surface area contributed by atoms with Crippen LogP contribution in [0.15, 0.2) is 12.3 Å². The Morgan fingerprint density at radius 3 is 2.44 bits per heavy atom. The summed E-state index contributed by atoms with van der Waals surface area (Å²) in [4.78, 5) is 6.55. The molecule has 1 aliphatic rings. The van der Waals surface area contributed by atoms with Gasteiger partial charge in [-0.15, -0.1) is 0 Å². The van der Waals surface area contributed by atoms with E-state index in [0.717, 1.165) is 30.0 Å². The number of ether oxygens (including phenoxy) is 2. The summed E-state index contributed by atoms with van der Waals surface area (Å²) < 4.78 is 10.9. The molecule has 1 fully saturated rings. The molecule has 0 amide bonds. The summed E-state index contributed by atoms with van der Waals surface area (Å²) in [5.74, 6) is 0. The van der Waals surface area contributed by atoms with Gasteiger partial charge < -0.3 is 20.1 Å². The third-order valence-corrected chi connectivity index (χ3v) is 3.48. The van der Waals surface area contributed by atoms with Gasteiger partial charge >= 0.3 is 0 Å². The monoisotopic (exact) mass is 251 g/mol. The first-order chi connectivity index (χ1) is 8.69. The van der Waals surface area contributed by atoms with E-state index in [1.54, 1.807) is 14.2 Å². The molecule has 2 heterocycles. The van der Waals surface area contributed by atoms with Crippen LogP contribution in [0.25, 0.3) is 0 Å². The lowest BCUT2D eigenvalue weighted by Crippen LogP contribution is -2.27. The van der Waals surface area contributed by atoms with Crippen molar-refractivity contribution < 1.29 is 9.47 Å². The van der Waals surface area contributed by atoms with Crippen LogP contribution in [-0.2, 0) is 16.0 Å². The number of pyridine rings is 1. The number of hydrogen-bond donors (Lipinski definition) is 1. The van der Waals surface area contributed by atoms with Crippen LogP contribution in [0.3, 0.4) is 0 Å². The summed E-state index contributed by atoms with van der Waals surface area (Å²) in [6, 6.07) is 2.08. The predicted octanol–water partition coefficient (Wildman–Crippen LogP) is 0.699. The van der Waals surface area contributed by atoms with E-state index in [-0.39, 0.29) is 12.2 Å². The van der Waals surface area contributed by atoms with Crippen molar-refractivity contribution in [3.63, 3.8) is 0 Å². The maximum atomic E-state index is 5.77. The fourth-order valence-electron chi connectivity index (χ4n) is 2.42. The lowest BCUT2D eigenvalue weighted by Gasteiger charge is -2.21. The van der Waals surface area contributed by atoms with Crippen LogP contribution in [0.1, 0.15) is 11.3 Å². The summed E-state index contributed by atoms with van der Waals surface area (Å²) in [5, 5.41) is 0. The van der Waals surface area contributed by atoms with Gasteiger partial charge in [-0.2, -0.15) is 0 Å². The Labute approximate surface area is 108 Å². The van der Waals surface area contributed by atoms with Crippen LogP contribution in [0.4, 0.5) is 5.69 Å². The van der Waals surface area contributed by atoms with Crippen molar-refractivity contribution in [2.75, 3.05) is 32.2 Å². The zero-order valence-corrected chi connectivity index (χ0v) is 11.2. The third kappa shape index (κ3) is 2.48. The van der Waals surface area contributed by atoms with Gasteiger partial charge in [0.15, 0.2) is 0 Å². The maximum absolute atomic E-state index is 5.77. The normalized spacial score (nSPS) is 23.7. The molecule has 1 aromatic rings. The largest absolute Gasteiger partial charge is 0.377 e. The van der Waals surface area contributed by atoms with Gasteiger partial charge in [0.05, 0.1) is 0 Å². The van der Waals surface area contributed by atoms with Gasteiger partial charge in [0.1, 0.15) is 12.2 Å². The van der Waals surface area contributed by atoms with Gasteiger partial charge in [-0.3, -0.25) is 4.98 Å². The van der Waals surface area contributed by atoms with Crippen molar-refractivity contribution in [2.45, 2.75) is 25.7 Å². The zero-order chi connectivity index (χ0) is 13.1. The number of rotatable bonds is 4. The smallest absolute Gasteiger partial charge is 0.102 e. The molecule has 1 saturated heterocycles. The van der Waals surface area contributed by atoms with Crippen LogP contribution < -0.4 is 10.6 Å². The second kappa shape index (κ2) is 5.65. The topological polar surface area (TPSA) is 60.6 Å². The SMILES string of the molecule is COC1CN(c2cc(C)ncc2CN)CC1OC. The highest BCUT2D eigenvalue weighted by atomic mass is 16.5. The van der Waals surface area contributed by atoms with Crippen molar-refractivity contribution in [1.82, 2.24) is 4.98 Å². The number of anilines is 1. The molecule has 100 valence electrons. The Hall–Kier alpha value is -1.17. The number of aromatic nitrogens is 1. The van der Waals surface area contributed by atoms with E-state index < -0.39 is 0 Å². The van der Waals surface area contributed by atoms with Crippen LogP contribution in [0.5, 0.6) is 0 Å². The van der Waals surface area contributed by atoms with Crippen molar-refractivity contribution in [3.05, 3.63) is 23.5 Å². The number of nitrogens with two attached hydrogens (primary N) is 1.